The van der Waals surface area contributed by atoms with Crippen LogP contribution in [0.5, 0.6) is 5.75 Å². The number of sulfonamides is 1. The van der Waals surface area contributed by atoms with Crippen LogP contribution in [0, 0.1) is 5.82 Å². The molecule has 0 saturated carbocycles. The first-order valence-electron chi connectivity index (χ1n) is 9.75. The van der Waals surface area contributed by atoms with E-state index in [9.17, 15) is 17.6 Å². The third kappa shape index (κ3) is 4.56. The lowest BCUT2D eigenvalue weighted by molar-refractivity contribution is -0.132. The predicted octanol–water partition coefficient (Wildman–Crippen LogP) is 2.88. The molecule has 12 heteroatoms. The molecule has 0 aliphatic carbocycles. The van der Waals surface area contributed by atoms with Crippen molar-refractivity contribution >= 4 is 44.8 Å². The Labute approximate surface area is 189 Å². The second-order valence-corrected chi connectivity index (χ2v) is 9.43. The van der Waals surface area contributed by atoms with E-state index >= 15 is 0 Å². The molecule has 0 bridgehead atoms. The fourth-order valence-electron chi connectivity index (χ4n) is 3.28. The topological polar surface area (TPSA) is 140 Å². The number of nitrogens with zero attached hydrogens (tertiary/aromatic N) is 3. The van der Waals surface area contributed by atoms with Gasteiger partial charge in [-0.2, -0.15) is 4.98 Å². The van der Waals surface area contributed by atoms with Crippen molar-refractivity contribution in [2.24, 2.45) is 5.14 Å². The van der Waals surface area contributed by atoms with Crippen molar-refractivity contribution in [2.75, 3.05) is 22.6 Å². The molecule has 0 fully saturated rings. The minimum absolute atomic E-state index is 0.0429. The molecule has 33 heavy (non-hydrogen) atoms. The summed E-state index contributed by atoms with van der Waals surface area (Å²) in [7, 11) is -2.17. The molecule has 4 N–H and O–H groups in total. The fourth-order valence-corrected chi connectivity index (χ4v) is 3.80. The number of fused-ring (bicyclic) bond motifs is 1. The van der Waals surface area contributed by atoms with E-state index in [-0.39, 0.29) is 22.6 Å². The standard InChI is InChI=1S/C21H21FN6O4S/c1-21(2)19(29)28(3)16-10-13(6-9-17(16)32-21)25-18-15(22)11-24-20(27-18)26-12-4-7-14(8-5-12)33(23,30)31/h4-11H,1-3H3,(H2,23,30,31)(H2,24,25,26,27). The van der Waals surface area contributed by atoms with Gasteiger partial charge in [0.05, 0.1) is 16.8 Å². The molecule has 0 radical (unpaired) electrons. The lowest BCUT2D eigenvalue weighted by atomic mass is 10.0. The number of benzene rings is 2. The lowest BCUT2D eigenvalue weighted by Crippen LogP contribution is -2.50. The first kappa shape index (κ1) is 22.4. The lowest BCUT2D eigenvalue weighted by Gasteiger charge is -2.37. The molecular weight excluding hydrogens is 451 g/mol. The zero-order valence-electron chi connectivity index (χ0n) is 18.0. The number of anilines is 5. The molecule has 4 rings (SSSR count). The van der Waals surface area contributed by atoms with Crippen LogP contribution in [0.1, 0.15) is 13.8 Å². The Kier molecular flexibility index (Phi) is 5.42. The van der Waals surface area contributed by atoms with Gasteiger partial charge in [0.2, 0.25) is 16.0 Å². The van der Waals surface area contributed by atoms with E-state index < -0.39 is 21.4 Å². The van der Waals surface area contributed by atoms with Gasteiger partial charge in [0.15, 0.2) is 17.2 Å². The highest BCUT2D eigenvalue weighted by atomic mass is 32.2. The number of amides is 1. The largest absolute Gasteiger partial charge is 0.476 e. The smallest absolute Gasteiger partial charge is 0.270 e. The number of ether oxygens (including phenoxy) is 1. The zero-order chi connectivity index (χ0) is 24.0. The van der Waals surface area contributed by atoms with Crippen molar-refractivity contribution in [3.8, 4) is 5.75 Å². The van der Waals surface area contributed by atoms with Crippen LogP contribution in [0.2, 0.25) is 0 Å². The number of primary sulfonamides is 1. The number of nitrogens with one attached hydrogen (secondary N) is 2. The number of rotatable bonds is 5. The summed E-state index contributed by atoms with van der Waals surface area (Å²) in [5, 5.41) is 10.8. The number of carbonyl (C=O) groups is 1. The van der Waals surface area contributed by atoms with Gasteiger partial charge in [0.25, 0.3) is 5.91 Å². The monoisotopic (exact) mass is 472 g/mol. The maximum Gasteiger partial charge on any atom is 0.270 e. The molecular formula is C21H21FN6O4S. The minimum Gasteiger partial charge on any atom is -0.476 e. The zero-order valence-corrected chi connectivity index (χ0v) is 18.8. The van der Waals surface area contributed by atoms with Gasteiger partial charge in [0.1, 0.15) is 5.75 Å². The van der Waals surface area contributed by atoms with E-state index in [2.05, 4.69) is 20.6 Å². The van der Waals surface area contributed by atoms with Crippen molar-refractivity contribution in [3.05, 3.63) is 54.5 Å². The summed E-state index contributed by atoms with van der Waals surface area (Å²) in [6.07, 6.45) is 0.996. The Morgan fingerprint density at radius 1 is 1.09 bits per heavy atom. The molecule has 3 aromatic rings. The third-order valence-electron chi connectivity index (χ3n) is 4.95. The Balaban J connectivity index is 1.56. The number of hydrogen-bond acceptors (Lipinski definition) is 8. The summed E-state index contributed by atoms with van der Waals surface area (Å²) in [5.74, 6) is -0.386. The maximum absolute atomic E-state index is 14.4. The van der Waals surface area contributed by atoms with Crippen LogP contribution in [-0.4, -0.2) is 36.9 Å². The average molecular weight is 473 g/mol. The van der Waals surface area contributed by atoms with Crippen molar-refractivity contribution in [1.82, 2.24) is 9.97 Å². The minimum atomic E-state index is -3.81. The van der Waals surface area contributed by atoms with E-state index in [0.717, 1.165) is 6.20 Å². The Morgan fingerprint density at radius 2 is 1.76 bits per heavy atom. The van der Waals surface area contributed by atoms with Crippen LogP contribution >= 0.6 is 0 Å². The molecule has 1 amide bonds. The Hall–Kier alpha value is -3.77. The van der Waals surface area contributed by atoms with Crippen LogP contribution in [0.4, 0.5) is 33.2 Å². The molecule has 0 atom stereocenters. The molecule has 172 valence electrons. The second kappa shape index (κ2) is 7.98. The third-order valence-corrected chi connectivity index (χ3v) is 5.88. The summed E-state index contributed by atoms with van der Waals surface area (Å²) in [5.41, 5.74) is 0.515. The van der Waals surface area contributed by atoms with Gasteiger partial charge in [0, 0.05) is 18.4 Å². The van der Waals surface area contributed by atoms with Crippen molar-refractivity contribution in [3.63, 3.8) is 0 Å². The Bertz CT molecular complexity index is 1350. The highest BCUT2D eigenvalue weighted by Crippen LogP contribution is 2.39. The highest BCUT2D eigenvalue weighted by Gasteiger charge is 2.39. The van der Waals surface area contributed by atoms with Gasteiger partial charge in [-0.05, 0) is 56.3 Å². The quantitative estimate of drug-likeness (QED) is 0.515. The predicted molar refractivity (Wildman–Crippen MR) is 121 cm³/mol. The second-order valence-electron chi connectivity index (χ2n) is 7.87. The average Bonchev–Trinajstić information content (AvgIpc) is 2.75. The summed E-state index contributed by atoms with van der Waals surface area (Å²) in [6, 6.07) is 10.6. The van der Waals surface area contributed by atoms with Crippen LogP contribution in [-0.2, 0) is 14.8 Å². The summed E-state index contributed by atoms with van der Waals surface area (Å²) >= 11 is 0. The van der Waals surface area contributed by atoms with E-state index in [1.54, 1.807) is 39.1 Å². The van der Waals surface area contributed by atoms with E-state index in [1.165, 1.54) is 29.2 Å². The van der Waals surface area contributed by atoms with Crippen LogP contribution < -0.4 is 25.4 Å². The Morgan fingerprint density at radius 3 is 2.42 bits per heavy atom. The van der Waals surface area contributed by atoms with Crippen molar-refractivity contribution < 1.29 is 22.3 Å². The van der Waals surface area contributed by atoms with E-state index in [4.69, 9.17) is 9.88 Å². The van der Waals surface area contributed by atoms with E-state index in [1.807, 2.05) is 0 Å². The van der Waals surface area contributed by atoms with Gasteiger partial charge < -0.3 is 20.3 Å². The first-order valence-corrected chi connectivity index (χ1v) is 11.3. The van der Waals surface area contributed by atoms with Gasteiger partial charge >= 0.3 is 0 Å². The molecule has 1 aliphatic heterocycles. The number of aromatic nitrogens is 2. The maximum atomic E-state index is 14.4. The van der Waals surface area contributed by atoms with Crippen LogP contribution in [0.3, 0.4) is 0 Å². The molecule has 0 saturated heterocycles. The summed E-state index contributed by atoms with van der Waals surface area (Å²) in [4.78, 5) is 22.0. The molecule has 10 nitrogen and oxygen atoms in total. The van der Waals surface area contributed by atoms with Crippen LogP contribution in [0.25, 0.3) is 0 Å². The SMILES string of the molecule is CN1C(=O)C(C)(C)Oc2ccc(Nc3nc(Nc4ccc(S(N)(=O)=O)cc4)ncc3F)cc21. The molecule has 0 unspecified atom stereocenters. The van der Waals surface area contributed by atoms with Crippen LogP contribution in [0.15, 0.2) is 53.6 Å². The number of likely N-dealkylation sites (N-methyl/N-ethyl adjacent to an activating group) is 1. The number of nitrogens with two attached hydrogens (primary N) is 1. The molecule has 2 aromatic carbocycles. The summed E-state index contributed by atoms with van der Waals surface area (Å²) < 4.78 is 42.9. The van der Waals surface area contributed by atoms with Crippen molar-refractivity contribution in [1.29, 1.82) is 0 Å². The molecule has 2 heterocycles. The number of carbonyl (C=O) groups excluding carboxylic acids is 1. The van der Waals surface area contributed by atoms with Gasteiger partial charge in [-0.15, -0.1) is 0 Å². The first-order chi connectivity index (χ1) is 15.4. The normalized spacial score (nSPS) is 14.9. The van der Waals surface area contributed by atoms with E-state index in [0.29, 0.717) is 22.8 Å². The molecule has 0 spiro atoms. The van der Waals surface area contributed by atoms with Crippen molar-refractivity contribution in [2.45, 2.75) is 24.3 Å². The van der Waals surface area contributed by atoms with Gasteiger partial charge in [-0.1, -0.05) is 0 Å². The molecule has 1 aliphatic rings. The van der Waals surface area contributed by atoms with Gasteiger partial charge in [-0.25, -0.2) is 22.9 Å². The summed E-state index contributed by atoms with van der Waals surface area (Å²) in [6.45, 7) is 3.38. The highest BCUT2D eigenvalue weighted by molar-refractivity contribution is 7.89. The van der Waals surface area contributed by atoms with Gasteiger partial charge in [-0.3, -0.25) is 4.79 Å². The molecule has 1 aromatic heterocycles. The number of halogens is 1. The fraction of sp³-hybridized carbons (Fsp3) is 0.190. The number of hydrogen-bond donors (Lipinski definition) is 3.